The minimum Gasteiger partial charge on any atom is -0.363 e. The molecule has 134 valence electrons. The molecule has 1 aliphatic rings. The van der Waals surface area contributed by atoms with Gasteiger partial charge in [0.05, 0.1) is 24.3 Å². The fourth-order valence-electron chi connectivity index (χ4n) is 3.28. The fourth-order valence-corrected chi connectivity index (χ4v) is 3.28. The maximum absolute atomic E-state index is 12.3. The number of amides is 2. The minimum atomic E-state index is -0.152. The van der Waals surface area contributed by atoms with Crippen LogP contribution < -0.4 is 15.5 Å². The molecule has 1 saturated carbocycles. The highest BCUT2D eigenvalue weighted by molar-refractivity contribution is 5.74. The van der Waals surface area contributed by atoms with Crippen molar-refractivity contribution in [3.05, 3.63) is 42.4 Å². The van der Waals surface area contributed by atoms with Gasteiger partial charge in [-0.05, 0) is 31.0 Å². The van der Waals surface area contributed by atoms with Crippen molar-refractivity contribution in [2.75, 3.05) is 19.0 Å². The minimum absolute atomic E-state index is 0.106. The third kappa shape index (κ3) is 4.49. The smallest absolute Gasteiger partial charge is 0.315 e. The van der Waals surface area contributed by atoms with Gasteiger partial charge in [-0.25, -0.2) is 9.78 Å². The van der Waals surface area contributed by atoms with Crippen LogP contribution in [0.25, 0.3) is 0 Å². The van der Waals surface area contributed by atoms with Gasteiger partial charge in [0.15, 0.2) is 0 Å². The second kappa shape index (κ2) is 8.00. The van der Waals surface area contributed by atoms with E-state index in [0.29, 0.717) is 6.54 Å². The van der Waals surface area contributed by atoms with Gasteiger partial charge in [0.1, 0.15) is 5.82 Å². The molecule has 2 N–H and O–H groups in total. The van der Waals surface area contributed by atoms with Crippen LogP contribution in [0.2, 0.25) is 0 Å². The standard InChI is InChI=1S/C18H26N6O/c1-23(2)17-10-5-7-14(21-17)13-19-18(25)22-15-8-3-4-9-16(15)24-12-6-11-20-24/h5-7,10-12,15-16H,3-4,8-9,13H2,1-2H3,(H2,19,22,25)/t15-,16+/m1/s1. The van der Waals surface area contributed by atoms with Crippen LogP contribution in [0.4, 0.5) is 10.6 Å². The average molecular weight is 342 g/mol. The molecule has 1 fully saturated rings. The predicted molar refractivity (Wildman–Crippen MR) is 97.5 cm³/mol. The number of carbonyl (C=O) groups excluding carboxylic acids is 1. The Bertz CT molecular complexity index is 685. The molecule has 3 rings (SSSR count). The van der Waals surface area contributed by atoms with E-state index in [1.807, 2.05) is 54.1 Å². The summed E-state index contributed by atoms with van der Waals surface area (Å²) in [5.41, 5.74) is 0.841. The third-order valence-electron chi connectivity index (χ3n) is 4.59. The van der Waals surface area contributed by atoms with Crippen molar-refractivity contribution in [2.45, 2.75) is 44.3 Å². The van der Waals surface area contributed by atoms with Crippen molar-refractivity contribution in [2.24, 2.45) is 0 Å². The van der Waals surface area contributed by atoms with Crippen molar-refractivity contribution >= 4 is 11.8 Å². The van der Waals surface area contributed by atoms with Crippen LogP contribution >= 0.6 is 0 Å². The Labute approximate surface area is 148 Å². The monoisotopic (exact) mass is 342 g/mol. The van der Waals surface area contributed by atoms with E-state index in [2.05, 4.69) is 20.7 Å². The number of urea groups is 1. The lowest BCUT2D eigenvalue weighted by Crippen LogP contribution is -2.47. The Morgan fingerprint density at radius 2 is 2.12 bits per heavy atom. The summed E-state index contributed by atoms with van der Waals surface area (Å²) in [6.45, 7) is 0.409. The van der Waals surface area contributed by atoms with Gasteiger partial charge in [-0.3, -0.25) is 4.68 Å². The predicted octanol–water partition coefficient (Wildman–Crippen LogP) is 2.33. The lowest BCUT2D eigenvalue weighted by Gasteiger charge is -2.32. The first kappa shape index (κ1) is 17.3. The van der Waals surface area contributed by atoms with Crippen LogP contribution in [0.3, 0.4) is 0 Å². The van der Waals surface area contributed by atoms with Crippen LogP contribution in [-0.4, -0.2) is 40.9 Å². The first-order valence-electron chi connectivity index (χ1n) is 8.80. The number of nitrogens with one attached hydrogen (secondary N) is 2. The van der Waals surface area contributed by atoms with E-state index in [9.17, 15) is 4.79 Å². The summed E-state index contributed by atoms with van der Waals surface area (Å²) in [5.74, 6) is 0.880. The van der Waals surface area contributed by atoms with Crippen molar-refractivity contribution < 1.29 is 4.79 Å². The zero-order valence-electron chi connectivity index (χ0n) is 14.9. The number of nitrogens with zero attached hydrogens (tertiary/aromatic N) is 4. The molecule has 0 unspecified atom stereocenters. The summed E-state index contributed by atoms with van der Waals surface area (Å²) in [4.78, 5) is 18.8. The number of hydrogen-bond donors (Lipinski definition) is 2. The van der Waals surface area contributed by atoms with Gasteiger partial charge in [-0.15, -0.1) is 0 Å². The summed E-state index contributed by atoms with van der Waals surface area (Å²) in [5, 5.41) is 10.4. The molecule has 0 aromatic carbocycles. The van der Waals surface area contributed by atoms with Gasteiger partial charge in [-0.1, -0.05) is 18.9 Å². The fraction of sp³-hybridized carbons (Fsp3) is 0.500. The summed E-state index contributed by atoms with van der Waals surface area (Å²) in [6.07, 6.45) is 8.08. The maximum Gasteiger partial charge on any atom is 0.315 e. The quantitative estimate of drug-likeness (QED) is 0.874. The summed E-state index contributed by atoms with van der Waals surface area (Å²) in [7, 11) is 3.90. The normalized spacial score (nSPS) is 20.1. The molecule has 1 aliphatic carbocycles. The zero-order chi connectivity index (χ0) is 17.6. The lowest BCUT2D eigenvalue weighted by molar-refractivity contribution is 0.213. The molecule has 0 spiro atoms. The molecule has 2 heterocycles. The first-order valence-corrected chi connectivity index (χ1v) is 8.80. The molecule has 2 amide bonds. The maximum atomic E-state index is 12.3. The zero-order valence-corrected chi connectivity index (χ0v) is 14.9. The average Bonchev–Trinajstić information content (AvgIpc) is 3.15. The molecule has 0 radical (unpaired) electrons. The van der Waals surface area contributed by atoms with Crippen LogP contribution in [-0.2, 0) is 6.54 Å². The van der Waals surface area contributed by atoms with Crippen LogP contribution in [0.5, 0.6) is 0 Å². The number of rotatable bonds is 5. The van der Waals surface area contributed by atoms with Gasteiger partial charge in [0, 0.05) is 26.5 Å². The number of anilines is 1. The molecular formula is C18H26N6O. The van der Waals surface area contributed by atoms with E-state index in [0.717, 1.165) is 30.8 Å². The van der Waals surface area contributed by atoms with Gasteiger partial charge in [0.25, 0.3) is 0 Å². The molecule has 2 aromatic heterocycles. The first-order chi connectivity index (χ1) is 12.1. The van der Waals surface area contributed by atoms with Crippen molar-refractivity contribution in [1.29, 1.82) is 0 Å². The van der Waals surface area contributed by atoms with Crippen LogP contribution in [0, 0.1) is 0 Å². The summed E-state index contributed by atoms with van der Waals surface area (Å²) in [6, 6.07) is 7.92. The highest BCUT2D eigenvalue weighted by Gasteiger charge is 2.28. The van der Waals surface area contributed by atoms with E-state index < -0.39 is 0 Å². The van der Waals surface area contributed by atoms with E-state index in [1.54, 1.807) is 6.20 Å². The summed E-state index contributed by atoms with van der Waals surface area (Å²) < 4.78 is 1.96. The second-order valence-electron chi connectivity index (χ2n) is 6.65. The number of pyridine rings is 1. The summed E-state index contributed by atoms with van der Waals surface area (Å²) >= 11 is 0. The van der Waals surface area contributed by atoms with Gasteiger partial charge in [-0.2, -0.15) is 5.10 Å². The Balaban J connectivity index is 1.55. The Morgan fingerprint density at radius 1 is 1.28 bits per heavy atom. The van der Waals surface area contributed by atoms with Crippen molar-refractivity contribution in [3.63, 3.8) is 0 Å². The molecule has 0 saturated heterocycles. The van der Waals surface area contributed by atoms with E-state index in [4.69, 9.17) is 0 Å². The SMILES string of the molecule is CN(C)c1cccc(CNC(=O)N[C@@H]2CCCC[C@@H]2n2cccn2)n1. The molecule has 2 aromatic rings. The number of carbonyl (C=O) groups is 1. The number of hydrogen-bond acceptors (Lipinski definition) is 4. The topological polar surface area (TPSA) is 75.1 Å². The van der Waals surface area contributed by atoms with Gasteiger partial charge in [0.2, 0.25) is 0 Å². The van der Waals surface area contributed by atoms with Crippen molar-refractivity contribution in [3.8, 4) is 0 Å². The van der Waals surface area contributed by atoms with Crippen LogP contribution in [0.15, 0.2) is 36.7 Å². The largest absolute Gasteiger partial charge is 0.363 e. The Morgan fingerprint density at radius 3 is 2.88 bits per heavy atom. The highest BCUT2D eigenvalue weighted by atomic mass is 16.2. The molecule has 2 atom stereocenters. The van der Waals surface area contributed by atoms with Gasteiger partial charge >= 0.3 is 6.03 Å². The lowest BCUT2D eigenvalue weighted by atomic mass is 9.90. The van der Waals surface area contributed by atoms with E-state index in [1.165, 1.54) is 6.42 Å². The van der Waals surface area contributed by atoms with E-state index >= 15 is 0 Å². The molecule has 7 nitrogen and oxygen atoms in total. The van der Waals surface area contributed by atoms with Gasteiger partial charge < -0.3 is 15.5 Å². The van der Waals surface area contributed by atoms with E-state index in [-0.39, 0.29) is 18.1 Å². The Kier molecular flexibility index (Phi) is 5.53. The second-order valence-corrected chi connectivity index (χ2v) is 6.65. The Hall–Kier alpha value is -2.57. The van der Waals surface area contributed by atoms with Crippen LogP contribution in [0.1, 0.15) is 37.4 Å². The number of aromatic nitrogens is 3. The molecule has 0 aliphatic heterocycles. The molecule has 0 bridgehead atoms. The third-order valence-corrected chi connectivity index (χ3v) is 4.59. The van der Waals surface area contributed by atoms with Crippen molar-refractivity contribution in [1.82, 2.24) is 25.4 Å². The highest BCUT2D eigenvalue weighted by Crippen LogP contribution is 2.27. The molecular weight excluding hydrogens is 316 g/mol. The molecule has 25 heavy (non-hydrogen) atoms. The molecule has 7 heteroatoms.